The van der Waals surface area contributed by atoms with E-state index < -0.39 is 0 Å². The van der Waals surface area contributed by atoms with Crippen molar-refractivity contribution in [3.63, 3.8) is 0 Å². The third kappa shape index (κ3) is 3.31. The summed E-state index contributed by atoms with van der Waals surface area (Å²) in [5.41, 5.74) is 10.3. The summed E-state index contributed by atoms with van der Waals surface area (Å²) in [7, 11) is 1.70. The van der Waals surface area contributed by atoms with Crippen LogP contribution in [0.2, 0.25) is 0 Å². The molecule has 1 amide bonds. The van der Waals surface area contributed by atoms with Crippen LogP contribution in [0.3, 0.4) is 0 Å². The van der Waals surface area contributed by atoms with Crippen molar-refractivity contribution in [1.29, 1.82) is 0 Å². The van der Waals surface area contributed by atoms with E-state index in [1.165, 1.54) is 12.4 Å². The highest BCUT2D eigenvalue weighted by molar-refractivity contribution is 7.22. The normalized spacial score (nSPS) is 16.6. The van der Waals surface area contributed by atoms with Crippen molar-refractivity contribution in [2.75, 3.05) is 25.9 Å². The molecule has 1 atom stereocenters. The minimum Gasteiger partial charge on any atom is -0.495 e. The van der Waals surface area contributed by atoms with Gasteiger partial charge in [0.15, 0.2) is 5.82 Å². The molecule has 1 fully saturated rings. The minimum atomic E-state index is -0.0307. The fraction of sp³-hybridized carbons (Fsp3) is 0.292. The average molecular weight is 448 g/mol. The topological polar surface area (TPSA) is 85.8 Å². The molecule has 5 rings (SSSR count). The Morgan fingerprint density at radius 1 is 1.34 bits per heavy atom. The number of nitrogen functional groups attached to an aromatic ring is 1. The Balaban J connectivity index is 1.66. The number of amides is 1. The maximum Gasteiger partial charge on any atom is 0.245 e. The predicted molar refractivity (Wildman–Crippen MR) is 128 cm³/mol. The van der Waals surface area contributed by atoms with Gasteiger partial charge in [0.1, 0.15) is 17.6 Å². The molecule has 164 valence electrons. The zero-order chi connectivity index (χ0) is 22.4. The molecular weight excluding hydrogens is 422 g/mol. The summed E-state index contributed by atoms with van der Waals surface area (Å²) >= 11 is 1.68. The number of thiophene rings is 1. The Morgan fingerprint density at radius 3 is 2.97 bits per heavy atom. The van der Waals surface area contributed by atoms with Crippen LogP contribution in [0.4, 0.5) is 5.82 Å². The summed E-state index contributed by atoms with van der Waals surface area (Å²) in [6.07, 6.45) is 4.79. The van der Waals surface area contributed by atoms with Crippen molar-refractivity contribution in [2.45, 2.75) is 25.7 Å². The van der Waals surface area contributed by atoms with Crippen molar-refractivity contribution in [1.82, 2.24) is 19.5 Å². The van der Waals surface area contributed by atoms with E-state index >= 15 is 0 Å². The number of anilines is 1. The number of nitrogens with two attached hydrogens (primary N) is 1. The highest BCUT2D eigenvalue weighted by atomic mass is 32.1. The highest BCUT2D eigenvalue weighted by Gasteiger charge is 2.28. The van der Waals surface area contributed by atoms with Gasteiger partial charge in [0.25, 0.3) is 0 Å². The van der Waals surface area contributed by atoms with Crippen molar-refractivity contribution in [3.05, 3.63) is 54.5 Å². The number of carbonyl (C=O) groups excluding carboxylic acids is 1. The second-order valence-electron chi connectivity index (χ2n) is 8.21. The van der Waals surface area contributed by atoms with Gasteiger partial charge in [-0.3, -0.25) is 4.79 Å². The number of hydrogen-bond acceptors (Lipinski definition) is 6. The van der Waals surface area contributed by atoms with Gasteiger partial charge in [-0.05, 0) is 55.0 Å². The van der Waals surface area contributed by atoms with E-state index in [1.54, 1.807) is 18.4 Å². The first kappa shape index (κ1) is 20.5. The Labute approximate surface area is 190 Å². The summed E-state index contributed by atoms with van der Waals surface area (Å²) < 4.78 is 8.63. The molecule has 7 nitrogen and oxygen atoms in total. The quantitative estimate of drug-likeness (QED) is 0.469. The fourth-order valence-electron chi connectivity index (χ4n) is 4.67. The third-order valence-electron chi connectivity index (χ3n) is 6.15. The summed E-state index contributed by atoms with van der Waals surface area (Å²) in [4.78, 5) is 19.4. The predicted octanol–water partition coefficient (Wildman–Crippen LogP) is 4.40. The van der Waals surface area contributed by atoms with E-state index in [2.05, 4.69) is 47.9 Å². The molecule has 0 radical (unpaired) electrons. The number of fused-ring (bicyclic) bond motifs is 2. The van der Waals surface area contributed by atoms with Gasteiger partial charge in [-0.15, -0.1) is 11.3 Å². The largest absolute Gasteiger partial charge is 0.495 e. The van der Waals surface area contributed by atoms with Crippen molar-refractivity contribution >= 4 is 38.7 Å². The van der Waals surface area contributed by atoms with Gasteiger partial charge in [0.2, 0.25) is 5.91 Å². The number of rotatable bonds is 4. The SMILES string of the molecule is C=CC(=O)N1CCC[C@@H](c2cc(-c3cc4cc(C)cc(OC)c4s3)c3c(N)ncnn23)C1. The first-order chi connectivity index (χ1) is 15.5. The number of benzene rings is 1. The van der Waals surface area contributed by atoms with Crippen LogP contribution >= 0.6 is 11.3 Å². The van der Waals surface area contributed by atoms with E-state index in [0.717, 1.165) is 62.4 Å². The Morgan fingerprint density at radius 2 is 2.19 bits per heavy atom. The van der Waals surface area contributed by atoms with Gasteiger partial charge < -0.3 is 15.4 Å². The molecule has 1 aliphatic rings. The monoisotopic (exact) mass is 447 g/mol. The van der Waals surface area contributed by atoms with Crippen LogP contribution in [-0.4, -0.2) is 45.6 Å². The Bertz CT molecular complexity index is 1360. The molecular formula is C24H25N5O2S. The molecule has 4 aromatic rings. The molecule has 0 aliphatic carbocycles. The van der Waals surface area contributed by atoms with E-state index in [-0.39, 0.29) is 11.8 Å². The molecule has 0 saturated carbocycles. The number of piperidine rings is 1. The fourth-order valence-corrected chi connectivity index (χ4v) is 5.82. The van der Waals surface area contributed by atoms with Crippen LogP contribution in [0.15, 0.2) is 43.2 Å². The number of methoxy groups -OCH3 is 1. The molecule has 1 aromatic carbocycles. The van der Waals surface area contributed by atoms with Gasteiger partial charge in [-0.25, -0.2) is 9.50 Å². The van der Waals surface area contributed by atoms with Crippen molar-refractivity contribution in [3.8, 4) is 16.2 Å². The number of hydrogen-bond donors (Lipinski definition) is 1. The lowest BCUT2D eigenvalue weighted by molar-refractivity contribution is -0.127. The smallest absolute Gasteiger partial charge is 0.245 e. The second kappa shape index (κ2) is 7.94. The molecule has 4 heterocycles. The lowest BCUT2D eigenvalue weighted by atomic mass is 9.94. The van der Waals surface area contributed by atoms with Crippen LogP contribution in [-0.2, 0) is 4.79 Å². The van der Waals surface area contributed by atoms with E-state index in [0.29, 0.717) is 12.4 Å². The standard InChI is InChI=1S/C24H25N5O2S/c1-4-21(30)28-7-5-6-15(12-28)18-11-17(22-24(25)26-13-27-29(18)22)20-10-16-8-14(2)9-19(31-3)23(16)32-20/h4,8-11,13,15H,1,5-7,12H2,2-3H3,(H2,25,26,27)/t15-/m1/s1. The number of aryl methyl sites for hydroxylation is 1. The second-order valence-corrected chi connectivity index (χ2v) is 9.26. The zero-order valence-electron chi connectivity index (χ0n) is 18.2. The van der Waals surface area contributed by atoms with Crippen LogP contribution in [0.5, 0.6) is 5.75 Å². The summed E-state index contributed by atoms with van der Waals surface area (Å²) in [6, 6.07) is 8.56. The summed E-state index contributed by atoms with van der Waals surface area (Å²) in [5.74, 6) is 1.44. The van der Waals surface area contributed by atoms with Crippen LogP contribution in [0.1, 0.15) is 30.0 Å². The molecule has 8 heteroatoms. The first-order valence-electron chi connectivity index (χ1n) is 10.6. The third-order valence-corrected chi connectivity index (χ3v) is 7.35. The molecule has 0 unspecified atom stereocenters. The van der Waals surface area contributed by atoms with Gasteiger partial charge >= 0.3 is 0 Å². The molecule has 0 bridgehead atoms. The zero-order valence-corrected chi connectivity index (χ0v) is 19.0. The molecule has 0 spiro atoms. The lowest BCUT2D eigenvalue weighted by Crippen LogP contribution is -2.38. The maximum absolute atomic E-state index is 12.2. The van der Waals surface area contributed by atoms with Gasteiger partial charge in [-0.2, -0.15) is 5.10 Å². The van der Waals surface area contributed by atoms with Crippen molar-refractivity contribution in [2.24, 2.45) is 0 Å². The van der Waals surface area contributed by atoms with E-state index in [1.807, 2.05) is 9.42 Å². The number of ether oxygens (including phenoxy) is 1. The van der Waals surface area contributed by atoms with E-state index in [4.69, 9.17) is 10.5 Å². The van der Waals surface area contributed by atoms with Crippen LogP contribution < -0.4 is 10.5 Å². The van der Waals surface area contributed by atoms with Crippen molar-refractivity contribution < 1.29 is 9.53 Å². The molecule has 1 aliphatic heterocycles. The Kier molecular flexibility index (Phi) is 5.09. The minimum absolute atomic E-state index is 0.0307. The number of nitrogens with zero attached hydrogens (tertiary/aromatic N) is 4. The van der Waals surface area contributed by atoms with Crippen LogP contribution in [0.25, 0.3) is 26.0 Å². The van der Waals surface area contributed by atoms with Crippen LogP contribution in [0, 0.1) is 6.92 Å². The molecule has 3 aromatic heterocycles. The van der Waals surface area contributed by atoms with Gasteiger partial charge in [-0.1, -0.05) is 12.6 Å². The molecule has 2 N–H and O–H groups in total. The number of aromatic nitrogens is 3. The number of likely N-dealkylation sites (tertiary alicyclic amines) is 1. The van der Waals surface area contributed by atoms with E-state index in [9.17, 15) is 4.79 Å². The average Bonchev–Trinajstić information content (AvgIpc) is 3.40. The number of carbonyl (C=O) groups is 1. The molecule has 32 heavy (non-hydrogen) atoms. The summed E-state index contributed by atoms with van der Waals surface area (Å²) in [5, 5.41) is 5.67. The Hall–Kier alpha value is -3.39. The summed E-state index contributed by atoms with van der Waals surface area (Å²) in [6.45, 7) is 7.10. The highest BCUT2D eigenvalue weighted by Crippen LogP contribution is 2.43. The first-order valence-corrected chi connectivity index (χ1v) is 11.4. The molecule has 1 saturated heterocycles. The maximum atomic E-state index is 12.2. The van der Waals surface area contributed by atoms with Gasteiger partial charge in [0, 0.05) is 35.1 Å². The lowest BCUT2D eigenvalue weighted by Gasteiger charge is -2.31. The van der Waals surface area contributed by atoms with Gasteiger partial charge in [0.05, 0.1) is 11.8 Å².